The molecule has 316 valence electrons. The highest BCUT2D eigenvalue weighted by atomic mass is 16.6. The summed E-state index contributed by atoms with van der Waals surface area (Å²) in [6.45, 7) is 4.33. The van der Waals surface area contributed by atoms with Crippen molar-refractivity contribution < 1.29 is 38.2 Å². The third kappa shape index (κ3) is 35.9. The van der Waals surface area contributed by atoms with E-state index in [0.29, 0.717) is 6.42 Å². The van der Waals surface area contributed by atoms with Gasteiger partial charge in [0.25, 0.3) is 0 Å². The summed E-state index contributed by atoms with van der Waals surface area (Å²) >= 11 is 0. The number of unbranched alkanes of at least 4 members (excludes halogenated alkanes) is 6. The van der Waals surface area contributed by atoms with E-state index in [0.717, 1.165) is 96.3 Å². The quantitative estimate of drug-likeness (QED) is 0.0270. The van der Waals surface area contributed by atoms with Gasteiger partial charge in [-0.25, -0.2) is 0 Å². The van der Waals surface area contributed by atoms with E-state index in [1.807, 2.05) is 0 Å². The van der Waals surface area contributed by atoms with Gasteiger partial charge in [0.2, 0.25) is 0 Å². The van der Waals surface area contributed by atoms with Crippen LogP contribution in [0.2, 0.25) is 0 Å². The van der Waals surface area contributed by atoms with Crippen molar-refractivity contribution in [2.24, 2.45) is 0 Å². The van der Waals surface area contributed by atoms with Gasteiger partial charge in [0.15, 0.2) is 6.10 Å². The second kappa shape index (κ2) is 38.1. The van der Waals surface area contributed by atoms with Gasteiger partial charge in [-0.15, -0.1) is 0 Å². The molecule has 56 heavy (non-hydrogen) atoms. The van der Waals surface area contributed by atoms with Gasteiger partial charge in [0.1, 0.15) is 12.6 Å². The fourth-order valence-electron chi connectivity index (χ4n) is 5.46. The SMILES string of the molecule is CC/C=C/C/C=C/C/C=C/C/C=C/C/C=C/CCCCCCC(=O)OC(COCCC(C(=O)[O-])[N+](C)(C)C)COC(=O)CCCC/C=C/C/C=C/C/C=C/CC. The normalized spacial score (nSPS) is 13.9. The molecule has 0 rings (SSSR count). The van der Waals surface area contributed by atoms with Crippen LogP contribution in [0.15, 0.2) is 97.2 Å². The minimum Gasteiger partial charge on any atom is -0.544 e. The number of quaternary nitrogens is 1. The zero-order chi connectivity index (χ0) is 41.4. The lowest BCUT2D eigenvalue weighted by Crippen LogP contribution is -2.55. The van der Waals surface area contributed by atoms with Crippen molar-refractivity contribution in [3.05, 3.63) is 97.2 Å². The average Bonchev–Trinajstić information content (AvgIpc) is 3.15. The van der Waals surface area contributed by atoms with Crippen LogP contribution in [0, 0.1) is 0 Å². The molecule has 0 aromatic carbocycles. The molecule has 0 radical (unpaired) electrons. The maximum atomic E-state index is 12.7. The summed E-state index contributed by atoms with van der Waals surface area (Å²) in [5, 5.41) is 11.6. The largest absolute Gasteiger partial charge is 0.544 e. The Morgan fingerprint density at radius 3 is 1.41 bits per heavy atom. The molecular weight excluding hydrogens is 703 g/mol. The van der Waals surface area contributed by atoms with Gasteiger partial charge in [-0.05, 0) is 89.9 Å². The summed E-state index contributed by atoms with van der Waals surface area (Å²) in [4.78, 5) is 36.8. The molecule has 0 saturated heterocycles. The highest BCUT2D eigenvalue weighted by Gasteiger charge is 2.25. The number of allylic oxidation sites excluding steroid dienone is 16. The number of aliphatic carboxylic acids is 1. The van der Waals surface area contributed by atoms with Crippen LogP contribution in [-0.2, 0) is 28.6 Å². The first-order chi connectivity index (χ1) is 27.1. The molecule has 2 unspecified atom stereocenters. The number of ether oxygens (including phenoxy) is 3. The summed E-state index contributed by atoms with van der Waals surface area (Å²) in [7, 11) is 5.37. The van der Waals surface area contributed by atoms with Gasteiger partial charge in [0.05, 0.1) is 40.3 Å². The molecule has 0 aliphatic rings. The standard InChI is InChI=1S/C48H77NO7/c1-6-8-10-12-14-16-18-20-21-22-23-24-25-26-27-29-31-33-35-37-39-47(51)56-44(42-54-41-40-45(48(52)53)49(3,4)5)43-55-46(50)38-36-34-32-30-28-19-17-15-13-11-9-7-2/h8-11,14-17,20-21,23-24,26-28,30,44-45H,6-7,12-13,18-19,22,25,29,31-43H2,1-5H3/b10-8+,11-9+,16-14+,17-15+,21-20+,24-23+,27-26+,30-28+. The number of esters is 2. The van der Waals surface area contributed by atoms with E-state index in [2.05, 4.69) is 111 Å². The van der Waals surface area contributed by atoms with E-state index in [1.54, 1.807) is 21.1 Å². The fourth-order valence-corrected chi connectivity index (χ4v) is 5.46. The predicted octanol–water partition coefficient (Wildman–Crippen LogP) is 10.2. The minimum absolute atomic E-state index is 0.0112. The molecule has 0 saturated carbocycles. The Kier molecular flexibility index (Phi) is 35.6. The first-order valence-corrected chi connectivity index (χ1v) is 21.3. The van der Waals surface area contributed by atoms with E-state index < -0.39 is 18.1 Å². The zero-order valence-electron chi connectivity index (χ0n) is 35.8. The Bertz CT molecular complexity index is 1230. The Balaban J connectivity index is 4.47. The van der Waals surface area contributed by atoms with E-state index in [-0.39, 0.29) is 55.5 Å². The van der Waals surface area contributed by atoms with Gasteiger partial charge < -0.3 is 28.6 Å². The van der Waals surface area contributed by atoms with Crippen LogP contribution in [0.4, 0.5) is 0 Å². The zero-order valence-corrected chi connectivity index (χ0v) is 35.8. The molecule has 2 atom stereocenters. The molecule has 8 nitrogen and oxygen atoms in total. The van der Waals surface area contributed by atoms with Gasteiger partial charge in [-0.2, -0.15) is 0 Å². The summed E-state index contributed by atoms with van der Waals surface area (Å²) in [5.41, 5.74) is 0. The van der Waals surface area contributed by atoms with Crippen molar-refractivity contribution in [1.29, 1.82) is 0 Å². The van der Waals surface area contributed by atoms with Crippen molar-refractivity contribution in [2.45, 2.75) is 148 Å². The lowest BCUT2D eigenvalue weighted by Gasteiger charge is -2.34. The van der Waals surface area contributed by atoms with Gasteiger partial charge in [0, 0.05) is 19.3 Å². The molecule has 0 aliphatic heterocycles. The maximum absolute atomic E-state index is 12.7. The van der Waals surface area contributed by atoms with Crippen molar-refractivity contribution >= 4 is 17.9 Å². The molecule has 0 heterocycles. The number of rotatable bonds is 36. The minimum atomic E-state index is -1.14. The Hall–Kier alpha value is -3.75. The Labute approximate surface area is 341 Å². The number of hydrogen-bond acceptors (Lipinski definition) is 7. The molecule has 0 spiro atoms. The molecule has 0 bridgehead atoms. The number of carboxylic acids is 1. The van der Waals surface area contributed by atoms with Crippen LogP contribution in [0.5, 0.6) is 0 Å². The van der Waals surface area contributed by atoms with Crippen LogP contribution in [0.3, 0.4) is 0 Å². The van der Waals surface area contributed by atoms with Crippen molar-refractivity contribution in [3.63, 3.8) is 0 Å². The molecule has 0 aromatic rings. The van der Waals surface area contributed by atoms with Crippen molar-refractivity contribution in [1.82, 2.24) is 0 Å². The van der Waals surface area contributed by atoms with Crippen LogP contribution < -0.4 is 5.11 Å². The maximum Gasteiger partial charge on any atom is 0.306 e. The summed E-state index contributed by atoms with van der Waals surface area (Å²) in [6, 6.07) is -0.742. The van der Waals surface area contributed by atoms with Crippen molar-refractivity contribution in [3.8, 4) is 0 Å². The molecule has 0 N–H and O–H groups in total. The number of carboxylic acid groups (broad SMARTS) is 1. The second-order valence-corrected chi connectivity index (χ2v) is 14.8. The van der Waals surface area contributed by atoms with Crippen LogP contribution >= 0.6 is 0 Å². The first-order valence-electron chi connectivity index (χ1n) is 21.3. The summed E-state index contributed by atoms with van der Waals surface area (Å²) < 4.78 is 17.1. The van der Waals surface area contributed by atoms with E-state index in [1.165, 1.54) is 0 Å². The van der Waals surface area contributed by atoms with Crippen LogP contribution in [-0.4, -0.2) is 75.5 Å². The number of carbonyl (C=O) groups is 3. The van der Waals surface area contributed by atoms with Crippen LogP contribution in [0.25, 0.3) is 0 Å². The predicted molar refractivity (Wildman–Crippen MR) is 231 cm³/mol. The summed E-state index contributed by atoms with van der Waals surface area (Å²) in [6.07, 6.45) is 50.1. The Morgan fingerprint density at radius 2 is 0.946 bits per heavy atom. The molecule has 0 fully saturated rings. The highest BCUT2D eigenvalue weighted by molar-refractivity contribution is 5.70. The van der Waals surface area contributed by atoms with E-state index >= 15 is 0 Å². The highest BCUT2D eigenvalue weighted by Crippen LogP contribution is 2.11. The first kappa shape index (κ1) is 52.2. The molecular formula is C48H77NO7. The van der Waals surface area contributed by atoms with Gasteiger partial charge in [-0.3, -0.25) is 9.59 Å². The number of hydrogen-bond donors (Lipinski definition) is 0. The molecule has 0 aromatic heterocycles. The van der Waals surface area contributed by atoms with E-state index in [9.17, 15) is 19.5 Å². The lowest BCUT2D eigenvalue weighted by atomic mass is 10.1. The third-order valence-electron chi connectivity index (χ3n) is 8.72. The lowest BCUT2D eigenvalue weighted by molar-refractivity contribution is -0.889. The Morgan fingerprint density at radius 1 is 0.536 bits per heavy atom. The number of likely N-dealkylation sites (N-methyl/N-ethyl adjacent to an activating group) is 1. The van der Waals surface area contributed by atoms with E-state index in [4.69, 9.17) is 14.2 Å². The van der Waals surface area contributed by atoms with Crippen LogP contribution in [0.1, 0.15) is 136 Å². The monoisotopic (exact) mass is 780 g/mol. The summed E-state index contributed by atoms with van der Waals surface area (Å²) in [5.74, 6) is -1.84. The van der Waals surface area contributed by atoms with Gasteiger partial charge >= 0.3 is 11.9 Å². The fraction of sp³-hybridized carbons (Fsp3) is 0.604. The topological polar surface area (TPSA) is 102 Å². The average molecular weight is 780 g/mol. The molecule has 0 amide bonds. The third-order valence-corrected chi connectivity index (χ3v) is 8.72. The second-order valence-electron chi connectivity index (χ2n) is 14.8. The molecule has 0 aliphatic carbocycles. The molecule has 8 heteroatoms. The smallest absolute Gasteiger partial charge is 0.306 e. The number of carbonyl (C=O) groups excluding carboxylic acids is 3. The number of nitrogens with zero attached hydrogens (tertiary/aromatic N) is 1. The van der Waals surface area contributed by atoms with Crippen molar-refractivity contribution in [2.75, 3.05) is 41.0 Å². The van der Waals surface area contributed by atoms with Gasteiger partial charge in [-0.1, -0.05) is 124 Å².